The highest BCUT2D eigenvalue weighted by atomic mass is 127. The van der Waals surface area contributed by atoms with E-state index in [2.05, 4.69) is 75.9 Å². The number of hydrogen-bond donors (Lipinski definition) is 2. The second kappa shape index (κ2) is 14.4. The maximum atomic E-state index is 5.48. The third kappa shape index (κ3) is 8.44. The van der Waals surface area contributed by atoms with Gasteiger partial charge in [-0.2, -0.15) is 0 Å². The normalized spacial score (nSPS) is 15.6. The Balaban J connectivity index is 0.00000385. The monoisotopic (exact) mass is 567 g/mol. The molecule has 0 aromatic heterocycles. The summed E-state index contributed by atoms with van der Waals surface area (Å²) in [4.78, 5) is 9.08. The van der Waals surface area contributed by atoms with Gasteiger partial charge in [-0.1, -0.05) is 36.4 Å². The van der Waals surface area contributed by atoms with Crippen molar-refractivity contribution in [2.45, 2.75) is 19.1 Å². The lowest BCUT2D eigenvalue weighted by Gasteiger charge is -2.28. The van der Waals surface area contributed by atoms with Gasteiger partial charge in [0.25, 0.3) is 0 Å². The molecule has 1 aliphatic rings. The number of likely N-dealkylation sites (N-methyl/N-ethyl adjacent to an activating group) is 1. The zero-order chi connectivity index (χ0) is 22.8. The van der Waals surface area contributed by atoms with E-state index < -0.39 is 0 Å². The number of methoxy groups -OCH3 is 1. The van der Waals surface area contributed by atoms with Crippen LogP contribution in [0.25, 0.3) is 0 Å². The van der Waals surface area contributed by atoms with E-state index in [4.69, 9.17) is 9.47 Å². The standard InChI is InChI=1S/C25H37N5O2.HI/c1-26-25(28-18-24(29(2)3)20-10-7-11-23(16-20)31-4)27-17-21-8-5-6-9-22(21)19-30-12-14-32-15-13-30;/h5-11,16,24H,12-15,17-19H2,1-4H3,(H2,26,27,28);1H. The van der Waals surface area contributed by atoms with Crippen LogP contribution < -0.4 is 15.4 Å². The van der Waals surface area contributed by atoms with E-state index in [0.717, 1.165) is 57.6 Å². The molecule has 0 bridgehead atoms. The largest absolute Gasteiger partial charge is 0.497 e. The predicted molar refractivity (Wildman–Crippen MR) is 146 cm³/mol. The number of halogens is 1. The van der Waals surface area contributed by atoms with E-state index in [0.29, 0.717) is 0 Å². The molecule has 1 aliphatic heterocycles. The van der Waals surface area contributed by atoms with E-state index in [9.17, 15) is 0 Å². The van der Waals surface area contributed by atoms with Crippen molar-refractivity contribution in [3.8, 4) is 5.75 Å². The number of ether oxygens (including phenoxy) is 2. The lowest BCUT2D eigenvalue weighted by atomic mass is 10.1. The van der Waals surface area contributed by atoms with Gasteiger partial charge in [-0.25, -0.2) is 0 Å². The van der Waals surface area contributed by atoms with Crippen molar-refractivity contribution < 1.29 is 9.47 Å². The lowest BCUT2D eigenvalue weighted by molar-refractivity contribution is 0.0341. The van der Waals surface area contributed by atoms with E-state index in [-0.39, 0.29) is 30.0 Å². The molecule has 1 fully saturated rings. The van der Waals surface area contributed by atoms with Crippen molar-refractivity contribution >= 4 is 29.9 Å². The first-order chi connectivity index (χ1) is 15.6. The first-order valence-corrected chi connectivity index (χ1v) is 11.2. The summed E-state index contributed by atoms with van der Waals surface area (Å²) in [5.41, 5.74) is 3.84. The summed E-state index contributed by atoms with van der Waals surface area (Å²) in [6.07, 6.45) is 0. The molecule has 182 valence electrons. The summed E-state index contributed by atoms with van der Waals surface area (Å²) < 4.78 is 10.9. The number of hydrogen-bond acceptors (Lipinski definition) is 5. The zero-order valence-electron chi connectivity index (χ0n) is 20.2. The number of morpholine rings is 1. The maximum Gasteiger partial charge on any atom is 0.191 e. The Hall–Kier alpha value is -1.88. The number of guanidine groups is 1. The minimum absolute atomic E-state index is 0. The molecule has 2 aromatic carbocycles. The molecule has 33 heavy (non-hydrogen) atoms. The van der Waals surface area contributed by atoms with Gasteiger partial charge in [0.05, 0.1) is 26.4 Å². The molecule has 0 amide bonds. The Bertz CT molecular complexity index is 871. The van der Waals surface area contributed by atoms with Crippen LogP contribution in [0, 0.1) is 0 Å². The third-order valence-corrected chi connectivity index (χ3v) is 5.85. The van der Waals surface area contributed by atoms with Crippen molar-refractivity contribution in [1.82, 2.24) is 20.4 Å². The van der Waals surface area contributed by atoms with Crippen LogP contribution in [-0.2, 0) is 17.8 Å². The van der Waals surface area contributed by atoms with Crippen LogP contribution in [0.2, 0.25) is 0 Å². The van der Waals surface area contributed by atoms with Crippen LogP contribution >= 0.6 is 24.0 Å². The van der Waals surface area contributed by atoms with E-state index in [1.807, 2.05) is 19.2 Å². The van der Waals surface area contributed by atoms with Crippen molar-refractivity contribution in [3.05, 3.63) is 65.2 Å². The number of benzene rings is 2. The first kappa shape index (κ1) is 27.4. The van der Waals surface area contributed by atoms with Crippen molar-refractivity contribution in [3.63, 3.8) is 0 Å². The summed E-state index contributed by atoms with van der Waals surface area (Å²) in [7, 11) is 7.68. The SMILES string of the molecule is CN=C(NCc1ccccc1CN1CCOCC1)NCC(c1cccc(OC)c1)N(C)C.I. The molecule has 3 rings (SSSR count). The Kier molecular flexibility index (Phi) is 11.9. The molecule has 0 aliphatic carbocycles. The highest BCUT2D eigenvalue weighted by molar-refractivity contribution is 14.0. The van der Waals surface area contributed by atoms with Crippen molar-refractivity contribution in [2.75, 3.05) is 61.1 Å². The highest BCUT2D eigenvalue weighted by Gasteiger charge is 2.16. The number of nitrogens with zero attached hydrogens (tertiary/aromatic N) is 3. The fourth-order valence-corrected chi connectivity index (χ4v) is 3.92. The van der Waals surface area contributed by atoms with Crippen LogP contribution in [0.1, 0.15) is 22.7 Å². The average molecular weight is 568 g/mol. The second-order valence-corrected chi connectivity index (χ2v) is 8.22. The van der Waals surface area contributed by atoms with Gasteiger partial charge in [-0.3, -0.25) is 9.89 Å². The summed E-state index contributed by atoms with van der Waals surface area (Å²) in [5, 5.41) is 6.97. The van der Waals surface area contributed by atoms with Gasteiger partial charge in [-0.15, -0.1) is 24.0 Å². The first-order valence-electron chi connectivity index (χ1n) is 11.2. The molecule has 0 spiro atoms. The van der Waals surface area contributed by atoms with Gasteiger partial charge in [-0.05, 0) is 42.9 Å². The van der Waals surface area contributed by atoms with E-state index >= 15 is 0 Å². The van der Waals surface area contributed by atoms with Crippen molar-refractivity contribution in [1.29, 1.82) is 0 Å². The summed E-state index contributed by atoms with van der Waals surface area (Å²) in [6.45, 7) is 6.02. The molecule has 1 atom stereocenters. The molecular weight excluding hydrogens is 529 g/mol. The summed E-state index contributed by atoms with van der Waals surface area (Å²) in [6, 6.07) is 17.0. The topological polar surface area (TPSA) is 61.4 Å². The molecule has 1 saturated heterocycles. The second-order valence-electron chi connectivity index (χ2n) is 8.22. The molecule has 0 saturated carbocycles. The zero-order valence-corrected chi connectivity index (χ0v) is 22.5. The van der Waals surface area contributed by atoms with Gasteiger partial charge in [0, 0.05) is 39.8 Å². The molecule has 1 heterocycles. The summed E-state index contributed by atoms with van der Waals surface area (Å²) in [5.74, 6) is 1.66. The smallest absolute Gasteiger partial charge is 0.191 e. The molecule has 2 aromatic rings. The third-order valence-electron chi connectivity index (χ3n) is 5.85. The molecule has 2 N–H and O–H groups in total. The van der Waals surface area contributed by atoms with Crippen LogP contribution in [0.3, 0.4) is 0 Å². The van der Waals surface area contributed by atoms with Crippen LogP contribution in [-0.4, -0.2) is 76.9 Å². The Morgan fingerprint density at radius 1 is 1.09 bits per heavy atom. The maximum absolute atomic E-state index is 5.48. The van der Waals surface area contributed by atoms with Crippen LogP contribution in [0.4, 0.5) is 0 Å². The highest BCUT2D eigenvalue weighted by Crippen LogP contribution is 2.22. The summed E-state index contributed by atoms with van der Waals surface area (Å²) >= 11 is 0. The number of aliphatic imine (C=N–C) groups is 1. The molecule has 0 radical (unpaired) electrons. The van der Waals surface area contributed by atoms with Gasteiger partial charge in [0.15, 0.2) is 5.96 Å². The van der Waals surface area contributed by atoms with Crippen LogP contribution in [0.15, 0.2) is 53.5 Å². The minimum atomic E-state index is 0. The Labute approximate surface area is 215 Å². The fraction of sp³-hybridized carbons (Fsp3) is 0.480. The quantitative estimate of drug-likeness (QED) is 0.276. The van der Waals surface area contributed by atoms with Gasteiger partial charge < -0.3 is 25.0 Å². The Morgan fingerprint density at radius 3 is 2.48 bits per heavy atom. The Morgan fingerprint density at radius 2 is 1.82 bits per heavy atom. The lowest BCUT2D eigenvalue weighted by Crippen LogP contribution is -2.41. The number of rotatable bonds is 9. The molecule has 8 heteroatoms. The number of nitrogens with one attached hydrogen (secondary N) is 2. The van der Waals surface area contributed by atoms with E-state index in [1.165, 1.54) is 16.7 Å². The molecular formula is C25H38IN5O2. The molecule has 1 unspecified atom stereocenters. The average Bonchev–Trinajstić information content (AvgIpc) is 2.82. The van der Waals surface area contributed by atoms with Gasteiger partial charge >= 0.3 is 0 Å². The van der Waals surface area contributed by atoms with Gasteiger partial charge in [0.2, 0.25) is 0 Å². The fourth-order valence-electron chi connectivity index (χ4n) is 3.92. The van der Waals surface area contributed by atoms with Gasteiger partial charge in [0.1, 0.15) is 5.75 Å². The molecule has 7 nitrogen and oxygen atoms in total. The minimum Gasteiger partial charge on any atom is -0.497 e. The van der Waals surface area contributed by atoms with Crippen LogP contribution in [0.5, 0.6) is 5.75 Å². The van der Waals surface area contributed by atoms with E-state index in [1.54, 1.807) is 7.11 Å². The van der Waals surface area contributed by atoms with Crippen molar-refractivity contribution in [2.24, 2.45) is 4.99 Å². The predicted octanol–water partition coefficient (Wildman–Crippen LogP) is 3.11.